The molecule has 0 aliphatic heterocycles. The predicted molar refractivity (Wildman–Crippen MR) is 72.2 cm³/mol. The van der Waals surface area contributed by atoms with Gasteiger partial charge in [-0.25, -0.2) is 4.79 Å². The molecule has 0 saturated heterocycles. The largest absolute Gasteiger partial charge is 0.478 e. The summed E-state index contributed by atoms with van der Waals surface area (Å²) in [5.41, 5.74) is 0.832. The lowest BCUT2D eigenvalue weighted by molar-refractivity contribution is 0.0696. The molecule has 3 N–H and O–H groups in total. The second-order valence-electron chi connectivity index (χ2n) is 3.68. The molecule has 1 aromatic heterocycles. The summed E-state index contributed by atoms with van der Waals surface area (Å²) in [4.78, 5) is 25.1. The van der Waals surface area contributed by atoms with Gasteiger partial charge < -0.3 is 15.4 Å². The zero-order chi connectivity index (χ0) is 14.0. The third kappa shape index (κ3) is 3.07. The molecule has 5 nitrogen and oxygen atoms in total. The average molecular weight is 299 g/mol. The van der Waals surface area contributed by atoms with Crippen LogP contribution in [0.5, 0.6) is 0 Å². The zero-order valence-corrected chi connectivity index (χ0v) is 10.9. The minimum atomic E-state index is -1.03. The van der Waals surface area contributed by atoms with E-state index in [1.165, 1.54) is 30.3 Å². The van der Waals surface area contributed by atoms with Crippen LogP contribution in [0, 0.1) is 0 Å². The molecule has 1 heterocycles. The number of H-pyrrole nitrogens is 1. The van der Waals surface area contributed by atoms with Gasteiger partial charge in [-0.15, -0.1) is 0 Å². The lowest BCUT2D eigenvalue weighted by atomic mass is 10.2. The molecular weight excluding hydrogens is 291 g/mol. The number of carbonyl (C=O) groups excluding carboxylic acids is 1. The Morgan fingerprint density at radius 1 is 1.16 bits per heavy atom. The molecule has 19 heavy (non-hydrogen) atoms. The Kier molecular flexibility index (Phi) is 3.78. The molecular formula is C12H8Cl2N2O3. The zero-order valence-electron chi connectivity index (χ0n) is 9.41. The number of aromatic amines is 1. The van der Waals surface area contributed by atoms with Crippen molar-refractivity contribution in [1.29, 1.82) is 0 Å². The number of nitrogens with one attached hydrogen (secondary N) is 2. The van der Waals surface area contributed by atoms with Crippen molar-refractivity contribution in [2.75, 3.05) is 5.32 Å². The van der Waals surface area contributed by atoms with Crippen molar-refractivity contribution in [3.63, 3.8) is 0 Å². The van der Waals surface area contributed by atoms with Gasteiger partial charge in [-0.1, -0.05) is 23.2 Å². The molecule has 0 bridgehead atoms. The van der Waals surface area contributed by atoms with Crippen molar-refractivity contribution in [3.05, 3.63) is 51.8 Å². The van der Waals surface area contributed by atoms with E-state index in [1.807, 2.05) is 0 Å². The number of aromatic carboxylic acids is 1. The van der Waals surface area contributed by atoms with Gasteiger partial charge in [-0.3, -0.25) is 4.79 Å². The van der Waals surface area contributed by atoms with E-state index in [-0.39, 0.29) is 21.4 Å². The average Bonchev–Trinajstić information content (AvgIpc) is 2.70. The van der Waals surface area contributed by atoms with Crippen LogP contribution in [0.1, 0.15) is 20.8 Å². The molecule has 0 aliphatic rings. The second kappa shape index (κ2) is 5.34. The van der Waals surface area contributed by atoms with Crippen LogP contribution in [-0.4, -0.2) is 22.0 Å². The number of halogens is 2. The Balaban J connectivity index is 2.12. The Hall–Kier alpha value is -1.98. The highest BCUT2D eigenvalue weighted by atomic mass is 35.5. The second-order valence-corrected chi connectivity index (χ2v) is 4.47. The monoisotopic (exact) mass is 298 g/mol. The Bertz CT molecular complexity index is 615. The summed E-state index contributed by atoms with van der Waals surface area (Å²) in [7, 11) is 0. The van der Waals surface area contributed by atoms with Crippen molar-refractivity contribution in [2.45, 2.75) is 0 Å². The normalized spacial score (nSPS) is 10.2. The van der Waals surface area contributed by atoms with Crippen molar-refractivity contribution in [2.24, 2.45) is 0 Å². The number of amides is 1. The molecule has 98 valence electrons. The van der Waals surface area contributed by atoms with Crippen LogP contribution < -0.4 is 5.32 Å². The first kappa shape index (κ1) is 13.5. The van der Waals surface area contributed by atoms with Gasteiger partial charge in [0.05, 0.1) is 10.6 Å². The summed E-state index contributed by atoms with van der Waals surface area (Å²) in [6.45, 7) is 0. The number of carbonyl (C=O) groups is 2. The summed E-state index contributed by atoms with van der Waals surface area (Å²) in [6, 6.07) is 7.19. The quantitative estimate of drug-likeness (QED) is 0.813. The highest BCUT2D eigenvalue weighted by Gasteiger charge is 2.12. The first-order valence-corrected chi connectivity index (χ1v) is 5.91. The summed E-state index contributed by atoms with van der Waals surface area (Å²) in [5, 5.41) is 11.8. The van der Waals surface area contributed by atoms with E-state index in [4.69, 9.17) is 28.3 Å². The van der Waals surface area contributed by atoms with Crippen LogP contribution in [0.15, 0.2) is 30.3 Å². The van der Waals surface area contributed by atoms with Crippen molar-refractivity contribution in [3.8, 4) is 0 Å². The van der Waals surface area contributed by atoms with Crippen LogP contribution >= 0.6 is 23.2 Å². The lowest BCUT2D eigenvalue weighted by Gasteiger charge is -2.03. The highest BCUT2D eigenvalue weighted by Crippen LogP contribution is 2.22. The molecule has 1 aromatic carbocycles. The molecule has 1 amide bonds. The minimum absolute atomic E-state index is 0.143. The fraction of sp³-hybridized carbons (Fsp3) is 0. The first-order chi connectivity index (χ1) is 8.97. The fourth-order valence-electron chi connectivity index (χ4n) is 1.42. The maximum Gasteiger partial charge on any atom is 0.335 e. The van der Waals surface area contributed by atoms with E-state index >= 15 is 0 Å². The van der Waals surface area contributed by atoms with Gasteiger partial charge in [0.1, 0.15) is 10.8 Å². The minimum Gasteiger partial charge on any atom is -0.478 e. The SMILES string of the molecule is O=C(O)c1ccc(NC(=O)c2cc(Cl)c(Cl)[nH]2)cc1. The van der Waals surface area contributed by atoms with E-state index in [9.17, 15) is 9.59 Å². The van der Waals surface area contributed by atoms with Crippen LogP contribution in [0.3, 0.4) is 0 Å². The van der Waals surface area contributed by atoms with Gasteiger partial charge in [0.25, 0.3) is 5.91 Å². The Labute approximate surface area is 118 Å². The summed E-state index contributed by atoms with van der Waals surface area (Å²) in [5.74, 6) is -1.45. The van der Waals surface area contributed by atoms with E-state index in [0.29, 0.717) is 5.69 Å². The van der Waals surface area contributed by atoms with Crippen LogP contribution in [0.25, 0.3) is 0 Å². The molecule has 0 spiro atoms. The lowest BCUT2D eigenvalue weighted by Crippen LogP contribution is -2.12. The number of rotatable bonds is 3. The van der Waals surface area contributed by atoms with Crippen LogP contribution in [0.2, 0.25) is 10.2 Å². The van der Waals surface area contributed by atoms with Crippen molar-refractivity contribution in [1.82, 2.24) is 4.98 Å². The number of carboxylic acids is 1. The predicted octanol–water partition coefficient (Wildman–Crippen LogP) is 3.27. The molecule has 0 fully saturated rings. The topological polar surface area (TPSA) is 82.2 Å². The number of anilines is 1. The smallest absolute Gasteiger partial charge is 0.335 e. The summed E-state index contributed by atoms with van der Waals surface area (Å²) >= 11 is 11.4. The van der Waals surface area contributed by atoms with Gasteiger partial charge in [0, 0.05) is 5.69 Å². The maximum absolute atomic E-state index is 11.8. The van der Waals surface area contributed by atoms with Gasteiger partial charge in [0.2, 0.25) is 0 Å². The molecule has 0 aliphatic carbocycles. The Morgan fingerprint density at radius 3 is 2.26 bits per heavy atom. The molecule has 7 heteroatoms. The van der Waals surface area contributed by atoms with E-state index in [2.05, 4.69) is 10.3 Å². The van der Waals surface area contributed by atoms with E-state index in [0.717, 1.165) is 0 Å². The molecule has 2 rings (SSSR count). The maximum atomic E-state index is 11.8. The Morgan fingerprint density at radius 2 is 1.79 bits per heavy atom. The highest BCUT2D eigenvalue weighted by molar-refractivity contribution is 6.41. The third-order valence-electron chi connectivity index (χ3n) is 2.36. The summed E-state index contributed by atoms with van der Waals surface area (Å²) < 4.78 is 0. The molecule has 0 radical (unpaired) electrons. The number of benzene rings is 1. The van der Waals surface area contributed by atoms with Crippen molar-refractivity contribution >= 4 is 40.8 Å². The van der Waals surface area contributed by atoms with E-state index < -0.39 is 11.9 Å². The number of carboxylic acid groups (broad SMARTS) is 1. The first-order valence-electron chi connectivity index (χ1n) is 5.16. The molecule has 0 atom stereocenters. The molecule has 2 aromatic rings. The number of hydrogen-bond acceptors (Lipinski definition) is 2. The van der Waals surface area contributed by atoms with Gasteiger partial charge >= 0.3 is 5.97 Å². The van der Waals surface area contributed by atoms with E-state index in [1.54, 1.807) is 0 Å². The van der Waals surface area contributed by atoms with Crippen LogP contribution in [0.4, 0.5) is 5.69 Å². The fourth-order valence-corrected chi connectivity index (χ4v) is 1.73. The van der Waals surface area contributed by atoms with Gasteiger partial charge in [-0.2, -0.15) is 0 Å². The summed E-state index contributed by atoms with van der Waals surface area (Å²) in [6.07, 6.45) is 0. The van der Waals surface area contributed by atoms with Crippen molar-refractivity contribution < 1.29 is 14.7 Å². The number of aromatic nitrogens is 1. The molecule has 0 saturated carbocycles. The number of hydrogen-bond donors (Lipinski definition) is 3. The van der Waals surface area contributed by atoms with Gasteiger partial charge in [0.15, 0.2) is 0 Å². The van der Waals surface area contributed by atoms with Gasteiger partial charge in [-0.05, 0) is 30.3 Å². The standard InChI is InChI=1S/C12H8Cl2N2O3/c13-8-5-9(16-10(8)14)11(17)15-7-3-1-6(2-4-7)12(18)19/h1-5,16H,(H,15,17)(H,18,19). The molecule has 0 unspecified atom stereocenters. The third-order valence-corrected chi connectivity index (χ3v) is 3.05. The van der Waals surface area contributed by atoms with Crippen LogP contribution in [-0.2, 0) is 0 Å².